The molecule has 4 nitrogen and oxygen atoms in total. The zero-order chi connectivity index (χ0) is 17.6. The van der Waals surface area contributed by atoms with Gasteiger partial charge in [-0.3, -0.25) is 0 Å². The first-order chi connectivity index (χ1) is 12.1. The lowest BCUT2D eigenvalue weighted by atomic mass is 10.1. The Labute approximate surface area is 151 Å². The maximum atomic E-state index is 13.8. The van der Waals surface area contributed by atoms with Gasteiger partial charge in [-0.1, -0.05) is 35.9 Å². The Morgan fingerprint density at radius 2 is 1.80 bits per heavy atom. The van der Waals surface area contributed by atoms with E-state index in [1.807, 2.05) is 31.2 Å². The number of nitrogens with zero attached hydrogens (tertiary/aromatic N) is 2. The summed E-state index contributed by atoms with van der Waals surface area (Å²) >= 11 is 5.88. The van der Waals surface area contributed by atoms with Crippen LogP contribution in [-0.2, 0) is 6.42 Å². The van der Waals surface area contributed by atoms with Crippen molar-refractivity contribution in [2.75, 3.05) is 17.2 Å². The van der Waals surface area contributed by atoms with Crippen molar-refractivity contribution in [1.29, 1.82) is 0 Å². The van der Waals surface area contributed by atoms with Gasteiger partial charge >= 0.3 is 0 Å². The number of hydrogen-bond acceptors (Lipinski definition) is 4. The van der Waals surface area contributed by atoms with E-state index >= 15 is 0 Å². The molecule has 3 aromatic rings. The third kappa shape index (κ3) is 4.90. The molecule has 0 amide bonds. The van der Waals surface area contributed by atoms with Crippen molar-refractivity contribution >= 4 is 29.1 Å². The van der Waals surface area contributed by atoms with Crippen LogP contribution in [0.15, 0.2) is 54.6 Å². The molecule has 0 unspecified atom stereocenters. The normalized spacial score (nSPS) is 10.5. The second kappa shape index (κ2) is 7.94. The summed E-state index contributed by atoms with van der Waals surface area (Å²) in [5, 5.41) is 6.91. The number of hydrogen-bond donors (Lipinski definition) is 2. The van der Waals surface area contributed by atoms with Crippen molar-refractivity contribution in [3.05, 3.63) is 76.7 Å². The number of nitrogens with one attached hydrogen (secondary N) is 2. The smallest absolute Gasteiger partial charge is 0.224 e. The van der Waals surface area contributed by atoms with Crippen LogP contribution in [0.4, 0.5) is 21.8 Å². The molecular weight excluding hydrogens is 339 g/mol. The van der Waals surface area contributed by atoms with E-state index in [-0.39, 0.29) is 5.82 Å². The van der Waals surface area contributed by atoms with Crippen molar-refractivity contribution in [2.24, 2.45) is 0 Å². The highest BCUT2D eigenvalue weighted by atomic mass is 35.5. The van der Waals surface area contributed by atoms with Gasteiger partial charge in [0, 0.05) is 23.3 Å². The van der Waals surface area contributed by atoms with Crippen LogP contribution in [0, 0.1) is 12.7 Å². The minimum Gasteiger partial charge on any atom is -0.354 e. The fourth-order valence-corrected chi connectivity index (χ4v) is 2.51. The molecule has 0 atom stereocenters. The fourth-order valence-electron chi connectivity index (χ4n) is 2.38. The SMILES string of the molecule is Cc1cc(Nc2ccccc2F)nc(NCCc2ccc(Cl)cc2)n1. The number of para-hydroxylation sites is 1. The van der Waals surface area contributed by atoms with E-state index in [4.69, 9.17) is 11.6 Å². The van der Waals surface area contributed by atoms with Crippen molar-refractivity contribution in [3.63, 3.8) is 0 Å². The molecule has 6 heteroatoms. The van der Waals surface area contributed by atoms with E-state index in [0.29, 0.717) is 24.0 Å². The molecular formula is C19H18ClFN4. The van der Waals surface area contributed by atoms with Crippen LogP contribution >= 0.6 is 11.6 Å². The van der Waals surface area contributed by atoms with Crippen molar-refractivity contribution in [2.45, 2.75) is 13.3 Å². The van der Waals surface area contributed by atoms with Gasteiger partial charge in [-0.25, -0.2) is 9.37 Å². The molecule has 0 saturated heterocycles. The summed E-state index contributed by atoms with van der Waals surface area (Å²) in [4.78, 5) is 8.76. The number of benzene rings is 2. The van der Waals surface area contributed by atoms with E-state index in [2.05, 4.69) is 20.6 Å². The van der Waals surface area contributed by atoms with Crippen LogP contribution in [0.1, 0.15) is 11.3 Å². The van der Waals surface area contributed by atoms with Crippen LogP contribution in [0.2, 0.25) is 5.02 Å². The summed E-state index contributed by atoms with van der Waals surface area (Å²) in [5.41, 5.74) is 2.35. The molecule has 0 aliphatic heterocycles. The minimum atomic E-state index is -0.323. The zero-order valence-electron chi connectivity index (χ0n) is 13.8. The maximum absolute atomic E-state index is 13.8. The van der Waals surface area contributed by atoms with Crippen LogP contribution < -0.4 is 10.6 Å². The molecule has 0 spiro atoms. The molecule has 0 aliphatic rings. The predicted molar refractivity (Wildman–Crippen MR) is 100 cm³/mol. The number of rotatable bonds is 6. The van der Waals surface area contributed by atoms with Gasteiger partial charge in [0.2, 0.25) is 5.95 Å². The third-order valence-corrected chi connectivity index (χ3v) is 3.85. The van der Waals surface area contributed by atoms with Gasteiger partial charge in [-0.05, 0) is 43.2 Å². The second-order valence-corrected chi connectivity index (χ2v) is 6.06. The molecule has 0 radical (unpaired) electrons. The van der Waals surface area contributed by atoms with Crippen LogP contribution in [0.3, 0.4) is 0 Å². The Morgan fingerprint density at radius 3 is 2.56 bits per heavy atom. The third-order valence-electron chi connectivity index (χ3n) is 3.60. The predicted octanol–water partition coefficient (Wildman–Crippen LogP) is 4.98. The Morgan fingerprint density at radius 1 is 1.04 bits per heavy atom. The van der Waals surface area contributed by atoms with Crippen LogP contribution in [-0.4, -0.2) is 16.5 Å². The summed E-state index contributed by atoms with van der Waals surface area (Å²) < 4.78 is 13.8. The van der Waals surface area contributed by atoms with Gasteiger partial charge in [-0.15, -0.1) is 0 Å². The van der Waals surface area contributed by atoms with E-state index < -0.39 is 0 Å². The Kier molecular flexibility index (Phi) is 5.46. The fraction of sp³-hybridized carbons (Fsp3) is 0.158. The van der Waals surface area contributed by atoms with E-state index in [0.717, 1.165) is 17.1 Å². The largest absolute Gasteiger partial charge is 0.354 e. The quantitative estimate of drug-likeness (QED) is 0.654. The van der Waals surface area contributed by atoms with Gasteiger partial charge in [0.05, 0.1) is 5.69 Å². The second-order valence-electron chi connectivity index (χ2n) is 5.63. The average Bonchev–Trinajstić information content (AvgIpc) is 2.58. The highest BCUT2D eigenvalue weighted by Gasteiger charge is 2.05. The van der Waals surface area contributed by atoms with E-state index in [9.17, 15) is 4.39 Å². The monoisotopic (exact) mass is 356 g/mol. The van der Waals surface area contributed by atoms with Gasteiger partial charge in [0.1, 0.15) is 11.6 Å². The number of anilines is 3. The average molecular weight is 357 g/mol. The van der Waals surface area contributed by atoms with Crippen LogP contribution in [0.25, 0.3) is 0 Å². The van der Waals surface area contributed by atoms with E-state index in [1.165, 1.54) is 11.6 Å². The first-order valence-electron chi connectivity index (χ1n) is 7.96. The first-order valence-corrected chi connectivity index (χ1v) is 8.33. The van der Waals surface area contributed by atoms with Gasteiger partial charge in [-0.2, -0.15) is 4.98 Å². The zero-order valence-corrected chi connectivity index (χ0v) is 14.5. The molecule has 1 aromatic heterocycles. The minimum absolute atomic E-state index is 0.323. The van der Waals surface area contributed by atoms with Crippen LogP contribution in [0.5, 0.6) is 0 Å². The number of aryl methyl sites for hydroxylation is 1. The number of aromatic nitrogens is 2. The Hall–Kier alpha value is -2.66. The molecule has 0 aliphatic carbocycles. The summed E-state index contributed by atoms with van der Waals surface area (Å²) in [6.45, 7) is 2.56. The Bertz CT molecular complexity index is 852. The lowest BCUT2D eigenvalue weighted by molar-refractivity contribution is 0.632. The highest BCUT2D eigenvalue weighted by Crippen LogP contribution is 2.19. The standard InChI is InChI=1S/C19H18ClFN4/c1-13-12-18(24-17-5-3-2-4-16(17)21)25-19(23-13)22-11-10-14-6-8-15(20)9-7-14/h2-9,12H,10-11H2,1H3,(H2,22,23,24,25). The first kappa shape index (κ1) is 17.2. The van der Waals surface area contributed by atoms with Gasteiger partial charge < -0.3 is 10.6 Å². The molecule has 0 fully saturated rings. The molecule has 3 rings (SSSR count). The summed E-state index contributed by atoms with van der Waals surface area (Å²) in [7, 11) is 0. The number of halogens is 2. The molecule has 2 N–H and O–H groups in total. The lowest BCUT2D eigenvalue weighted by Gasteiger charge is -2.10. The topological polar surface area (TPSA) is 49.8 Å². The molecule has 0 bridgehead atoms. The molecule has 128 valence electrons. The van der Waals surface area contributed by atoms with Crippen molar-refractivity contribution < 1.29 is 4.39 Å². The lowest BCUT2D eigenvalue weighted by Crippen LogP contribution is -2.09. The summed E-state index contributed by atoms with van der Waals surface area (Å²) in [6, 6.07) is 16.0. The van der Waals surface area contributed by atoms with E-state index in [1.54, 1.807) is 24.3 Å². The molecule has 2 aromatic carbocycles. The Balaban J connectivity index is 1.65. The summed E-state index contributed by atoms with van der Waals surface area (Å²) in [6.07, 6.45) is 0.824. The van der Waals surface area contributed by atoms with Gasteiger partial charge in [0.25, 0.3) is 0 Å². The molecule has 25 heavy (non-hydrogen) atoms. The summed E-state index contributed by atoms with van der Waals surface area (Å²) in [5.74, 6) is 0.732. The molecule has 1 heterocycles. The highest BCUT2D eigenvalue weighted by molar-refractivity contribution is 6.30. The van der Waals surface area contributed by atoms with Gasteiger partial charge in [0.15, 0.2) is 0 Å². The molecule has 0 saturated carbocycles. The maximum Gasteiger partial charge on any atom is 0.224 e. The van der Waals surface area contributed by atoms with Crippen molar-refractivity contribution in [3.8, 4) is 0 Å². The van der Waals surface area contributed by atoms with Crippen molar-refractivity contribution in [1.82, 2.24) is 9.97 Å².